The van der Waals surface area contributed by atoms with Crippen LogP contribution in [0.25, 0.3) is 0 Å². The number of rotatable bonds is 9. The lowest BCUT2D eigenvalue weighted by atomic mass is 10.1. The number of carbonyl (C=O) groups is 2. The van der Waals surface area contributed by atoms with Crippen LogP contribution in [0, 0.1) is 6.92 Å². The zero-order valence-electron chi connectivity index (χ0n) is 16.0. The van der Waals surface area contributed by atoms with E-state index in [-0.39, 0.29) is 30.4 Å². The number of methoxy groups -OCH3 is 1. The van der Waals surface area contributed by atoms with Gasteiger partial charge in [0.2, 0.25) is 11.8 Å². The van der Waals surface area contributed by atoms with Crippen molar-refractivity contribution in [3.05, 3.63) is 35.0 Å². The Bertz CT molecular complexity index is 799. The van der Waals surface area contributed by atoms with E-state index in [0.717, 1.165) is 5.56 Å². The van der Waals surface area contributed by atoms with E-state index in [9.17, 15) is 9.59 Å². The topological polar surface area (TPSA) is 99.9 Å². The highest BCUT2D eigenvalue weighted by Crippen LogP contribution is 2.28. The van der Waals surface area contributed by atoms with E-state index >= 15 is 0 Å². The minimum atomic E-state index is -0.581. The SMILES string of the molecule is CCOC(=O)c1c(C)noc1NC(=O)CCc1ccc(OCC)c(OC)c1. The molecule has 0 bridgehead atoms. The Morgan fingerprint density at radius 3 is 2.63 bits per heavy atom. The van der Waals surface area contributed by atoms with Crippen LogP contribution in [-0.2, 0) is 16.0 Å². The van der Waals surface area contributed by atoms with Gasteiger partial charge in [0.15, 0.2) is 11.5 Å². The first-order valence-electron chi connectivity index (χ1n) is 8.73. The third kappa shape index (κ3) is 5.22. The van der Waals surface area contributed by atoms with E-state index in [1.807, 2.05) is 25.1 Å². The molecule has 0 aliphatic rings. The Labute approximate surface area is 157 Å². The summed E-state index contributed by atoms with van der Waals surface area (Å²) in [6.07, 6.45) is 0.676. The molecule has 0 atom stereocenters. The fraction of sp³-hybridized carbons (Fsp3) is 0.421. The molecule has 8 heteroatoms. The highest BCUT2D eigenvalue weighted by atomic mass is 16.5. The molecule has 27 heavy (non-hydrogen) atoms. The number of hydrogen-bond acceptors (Lipinski definition) is 7. The lowest BCUT2D eigenvalue weighted by Crippen LogP contribution is -2.15. The molecule has 0 aliphatic carbocycles. The third-order valence-corrected chi connectivity index (χ3v) is 3.76. The third-order valence-electron chi connectivity index (χ3n) is 3.76. The Kier molecular flexibility index (Phi) is 7.22. The number of esters is 1. The summed E-state index contributed by atoms with van der Waals surface area (Å²) in [7, 11) is 1.57. The molecule has 146 valence electrons. The lowest BCUT2D eigenvalue weighted by molar-refractivity contribution is -0.116. The maximum Gasteiger partial charge on any atom is 0.345 e. The summed E-state index contributed by atoms with van der Waals surface area (Å²) in [6.45, 7) is 5.96. The number of nitrogens with zero attached hydrogens (tertiary/aromatic N) is 1. The van der Waals surface area contributed by atoms with Gasteiger partial charge >= 0.3 is 5.97 Å². The molecule has 0 radical (unpaired) electrons. The highest BCUT2D eigenvalue weighted by molar-refractivity contribution is 6.00. The first kappa shape index (κ1) is 20.3. The predicted molar refractivity (Wildman–Crippen MR) is 98.3 cm³/mol. The monoisotopic (exact) mass is 376 g/mol. The van der Waals surface area contributed by atoms with Crippen LogP contribution >= 0.6 is 0 Å². The van der Waals surface area contributed by atoms with Crippen molar-refractivity contribution in [1.82, 2.24) is 5.16 Å². The molecule has 1 N–H and O–H groups in total. The van der Waals surface area contributed by atoms with Gasteiger partial charge in [-0.25, -0.2) is 4.79 Å². The number of aromatic nitrogens is 1. The molecule has 1 aromatic heterocycles. The highest BCUT2D eigenvalue weighted by Gasteiger charge is 2.23. The van der Waals surface area contributed by atoms with Crippen LogP contribution in [0.3, 0.4) is 0 Å². The molecule has 8 nitrogen and oxygen atoms in total. The van der Waals surface area contributed by atoms with Crippen molar-refractivity contribution < 1.29 is 28.3 Å². The Morgan fingerprint density at radius 2 is 1.96 bits per heavy atom. The Balaban J connectivity index is 2.00. The van der Waals surface area contributed by atoms with Crippen molar-refractivity contribution in [2.75, 3.05) is 25.6 Å². The fourth-order valence-electron chi connectivity index (χ4n) is 2.49. The number of aryl methyl sites for hydroxylation is 2. The van der Waals surface area contributed by atoms with E-state index < -0.39 is 5.97 Å². The number of anilines is 1. The number of hydrogen-bond donors (Lipinski definition) is 1. The van der Waals surface area contributed by atoms with Crippen LogP contribution in [-0.4, -0.2) is 37.4 Å². The average Bonchev–Trinajstić information content (AvgIpc) is 3.01. The summed E-state index contributed by atoms with van der Waals surface area (Å²) >= 11 is 0. The van der Waals surface area contributed by atoms with Gasteiger partial charge < -0.3 is 18.7 Å². The van der Waals surface area contributed by atoms with Crippen molar-refractivity contribution in [3.63, 3.8) is 0 Å². The minimum absolute atomic E-state index is 0.000208. The van der Waals surface area contributed by atoms with Gasteiger partial charge in [0.25, 0.3) is 0 Å². The second-order valence-electron chi connectivity index (χ2n) is 5.66. The molecular formula is C19H24N2O6. The van der Waals surface area contributed by atoms with Crippen LogP contribution in [0.1, 0.15) is 41.9 Å². The van der Waals surface area contributed by atoms with E-state index in [0.29, 0.717) is 30.2 Å². The van der Waals surface area contributed by atoms with Crippen molar-refractivity contribution >= 4 is 17.8 Å². The van der Waals surface area contributed by atoms with Gasteiger partial charge in [-0.15, -0.1) is 0 Å². The molecule has 0 saturated carbocycles. The summed E-state index contributed by atoms with van der Waals surface area (Å²) < 4.78 is 20.8. The zero-order valence-corrected chi connectivity index (χ0v) is 16.0. The molecule has 2 aromatic rings. The van der Waals surface area contributed by atoms with Crippen LogP contribution < -0.4 is 14.8 Å². The van der Waals surface area contributed by atoms with Gasteiger partial charge in [0, 0.05) is 6.42 Å². The largest absolute Gasteiger partial charge is 0.493 e. The average molecular weight is 376 g/mol. The molecular weight excluding hydrogens is 352 g/mol. The van der Waals surface area contributed by atoms with E-state index in [1.165, 1.54) is 0 Å². The van der Waals surface area contributed by atoms with Crippen molar-refractivity contribution in [1.29, 1.82) is 0 Å². The van der Waals surface area contributed by atoms with E-state index in [2.05, 4.69) is 10.5 Å². The predicted octanol–water partition coefficient (Wildman–Crippen LogP) is 3.14. The van der Waals surface area contributed by atoms with Crippen LogP contribution in [0.5, 0.6) is 11.5 Å². The van der Waals surface area contributed by atoms with Crippen LogP contribution in [0.4, 0.5) is 5.88 Å². The number of nitrogens with one attached hydrogen (secondary N) is 1. The first-order valence-corrected chi connectivity index (χ1v) is 8.73. The van der Waals surface area contributed by atoms with Crippen LogP contribution in [0.2, 0.25) is 0 Å². The normalized spacial score (nSPS) is 10.4. The summed E-state index contributed by atoms with van der Waals surface area (Å²) in [4.78, 5) is 24.2. The lowest BCUT2D eigenvalue weighted by Gasteiger charge is -2.11. The van der Waals surface area contributed by atoms with Crippen molar-refractivity contribution in [2.24, 2.45) is 0 Å². The first-order chi connectivity index (χ1) is 13.0. The second-order valence-corrected chi connectivity index (χ2v) is 5.66. The molecule has 0 spiro atoms. The summed E-state index contributed by atoms with van der Waals surface area (Å²) in [5.74, 6) is 0.391. The maximum atomic E-state index is 12.2. The number of carbonyl (C=O) groups excluding carboxylic acids is 2. The molecule has 0 saturated heterocycles. The number of ether oxygens (including phenoxy) is 3. The molecule has 0 aliphatic heterocycles. The van der Waals surface area contributed by atoms with E-state index in [4.69, 9.17) is 18.7 Å². The molecule has 2 rings (SSSR count). The quantitative estimate of drug-likeness (QED) is 0.671. The summed E-state index contributed by atoms with van der Waals surface area (Å²) in [6, 6.07) is 5.53. The summed E-state index contributed by atoms with van der Waals surface area (Å²) in [5.41, 5.74) is 1.41. The van der Waals surface area contributed by atoms with Gasteiger partial charge in [-0.3, -0.25) is 10.1 Å². The Morgan fingerprint density at radius 1 is 1.19 bits per heavy atom. The molecule has 0 fully saturated rings. The van der Waals surface area contributed by atoms with E-state index in [1.54, 1.807) is 21.0 Å². The fourth-order valence-corrected chi connectivity index (χ4v) is 2.49. The second kappa shape index (κ2) is 9.61. The Hall–Kier alpha value is -3.03. The van der Waals surface area contributed by atoms with Gasteiger partial charge in [-0.2, -0.15) is 0 Å². The van der Waals surface area contributed by atoms with Gasteiger partial charge in [-0.05, 0) is 44.9 Å². The van der Waals surface area contributed by atoms with Gasteiger partial charge in [-0.1, -0.05) is 11.2 Å². The van der Waals surface area contributed by atoms with Gasteiger partial charge in [0.1, 0.15) is 5.56 Å². The van der Waals surface area contributed by atoms with Crippen LogP contribution in [0.15, 0.2) is 22.7 Å². The molecule has 1 amide bonds. The van der Waals surface area contributed by atoms with Gasteiger partial charge in [0.05, 0.1) is 26.0 Å². The maximum absolute atomic E-state index is 12.2. The summed E-state index contributed by atoms with van der Waals surface area (Å²) in [5, 5.41) is 6.30. The zero-order chi connectivity index (χ0) is 19.8. The van der Waals surface area contributed by atoms with Crippen molar-refractivity contribution in [2.45, 2.75) is 33.6 Å². The minimum Gasteiger partial charge on any atom is -0.493 e. The van der Waals surface area contributed by atoms with Crippen molar-refractivity contribution in [3.8, 4) is 11.5 Å². The standard InChI is InChI=1S/C19H24N2O6/c1-5-25-14-9-7-13(11-15(14)24-4)8-10-16(22)20-18-17(12(3)21-27-18)19(23)26-6-2/h7,9,11H,5-6,8,10H2,1-4H3,(H,20,22). The smallest absolute Gasteiger partial charge is 0.345 e. The molecule has 1 heterocycles. The molecule has 0 unspecified atom stereocenters. The number of benzene rings is 1. The number of amides is 1. The molecule has 1 aromatic carbocycles.